The van der Waals surface area contributed by atoms with Crippen molar-refractivity contribution in [1.29, 1.82) is 0 Å². The van der Waals surface area contributed by atoms with E-state index in [2.05, 4.69) is 112 Å². The summed E-state index contributed by atoms with van der Waals surface area (Å²) in [7, 11) is -4.35. The number of aryl methyl sites for hydroxylation is 1. The fourth-order valence-corrected chi connectivity index (χ4v) is 6.94. The van der Waals surface area contributed by atoms with Crippen LogP contribution in [-0.4, -0.2) is 37.1 Å². The van der Waals surface area contributed by atoms with Crippen molar-refractivity contribution in [3.8, 4) is 0 Å². The van der Waals surface area contributed by atoms with Crippen molar-refractivity contribution in [3.63, 3.8) is 0 Å². The molecule has 47 heavy (non-hydrogen) atoms. The molecule has 0 fully saturated rings. The molecule has 0 amide bonds. The van der Waals surface area contributed by atoms with E-state index >= 15 is 0 Å². The lowest BCUT2D eigenvalue weighted by Gasteiger charge is -2.33. The number of carboxylic acid groups (broad SMARTS) is 1. The summed E-state index contributed by atoms with van der Waals surface area (Å²) < 4.78 is 33.7. The second kappa shape index (κ2) is 15.3. The minimum Gasteiger partial charge on any atom is -0.481 e. The van der Waals surface area contributed by atoms with Gasteiger partial charge in [0.1, 0.15) is 0 Å². The summed E-state index contributed by atoms with van der Waals surface area (Å²) in [6, 6.07) is 23.9. The van der Waals surface area contributed by atoms with Crippen LogP contribution in [0.25, 0.3) is 0 Å². The van der Waals surface area contributed by atoms with Crippen LogP contribution in [0.1, 0.15) is 83.4 Å². The number of hydrogen-bond acceptors (Lipinski definition) is 5. The quantitative estimate of drug-likeness (QED) is 0.104. The Kier molecular flexibility index (Phi) is 11.7. The van der Waals surface area contributed by atoms with Gasteiger partial charge in [-0.3, -0.25) is 9.35 Å². The number of para-hydroxylation sites is 1. The van der Waals surface area contributed by atoms with Crippen molar-refractivity contribution in [2.75, 3.05) is 23.3 Å². The minimum absolute atomic E-state index is 0.120. The van der Waals surface area contributed by atoms with Crippen LogP contribution in [0, 0.1) is 5.92 Å². The van der Waals surface area contributed by atoms with Crippen LogP contribution in [0.5, 0.6) is 0 Å². The van der Waals surface area contributed by atoms with E-state index in [1.54, 1.807) is 12.1 Å². The Labute approximate surface area is 281 Å². The van der Waals surface area contributed by atoms with Gasteiger partial charge < -0.3 is 15.3 Å². The lowest BCUT2D eigenvalue weighted by Crippen LogP contribution is -2.27. The first kappa shape index (κ1) is 36.0. The summed E-state index contributed by atoms with van der Waals surface area (Å²) in [5.41, 5.74) is 5.84. The van der Waals surface area contributed by atoms with Gasteiger partial charge in [0, 0.05) is 42.0 Å². The van der Waals surface area contributed by atoms with Gasteiger partial charge in [-0.1, -0.05) is 102 Å². The molecule has 0 bridgehead atoms. The summed E-state index contributed by atoms with van der Waals surface area (Å²) in [5.74, 6) is -0.603. The topological polar surface area (TPSA) is 107 Å². The van der Waals surface area contributed by atoms with Gasteiger partial charge in [-0.15, -0.1) is 0 Å². The maximum Gasteiger partial charge on any atom is 0.303 e. The zero-order valence-electron chi connectivity index (χ0n) is 28.4. The highest BCUT2D eigenvalue weighted by atomic mass is 32.2. The molecule has 252 valence electrons. The molecule has 1 heterocycles. The van der Waals surface area contributed by atoms with Gasteiger partial charge in [0.05, 0.1) is 4.90 Å². The van der Waals surface area contributed by atoms with Gasteiger partial charge in [-0.05, 0) is 84.0 Å². The van der Waals surface area contributed by atoms with Crippen LogP contribution >= 0.6 is 0 Å². The third-order valence-electron chi connectivity index (χ3n) is 9.65. The lowest BCUT2D eigenvalue weighted by atomic mass is 9.73. The molecule has 0 saturated heterocycles. The Bertz CT molecular complexity index is 1690. The SMILES string of the molecule is CC(/C=C/C=C1/N(CCCCCC(=O)O)c2ccc(S(=O)(=O)O)cc2C1(C)C)C(C)(C)c1ccccc1NCCCc1ccccc1. The molecule has 3 aromatic carbocycles. The molecular weight excluding hydrogens is 609 g/mol. The number of benzene rings is 3. The van der Waals surface area contributed by atoms with Crippen LogP contribution in [0.2, 0.25) is 0 Å². The first-order valence-corrected chi connectivity index (χ1v) is 18.0. The van der Waals surface area contributed by atoms with Crippen molar-refractivity contribution < 1.29 is 22.9 Å². The highest BCUT2D eigenvalue weighted by Gasteiger charge is 2.40. The molecule has 1 unspecified atom stereocenters. The number of carbonyl (C=O) groups is 1. The molecule has 0 aliphatic carbocycles. The second-order valence-electron chi connectivity index (χ2n) is 13.6. The van der Waals surface area contributed by atoms with Crippen LogP contribution in [0.3, 0.4) is 0 Å². The van der Waals surface area contributed by atoms with E-state index in [-0.39, 0.29) is 22.6 Å². The lowest BCUT2D eigenvalue weighted by molar-refractivity contribution is -0.137. The van der Waals surface area contributed by atoms with Crippen molar-refractivity contribution in [2.45, 2.75) is 88.9 Å². The molecule has 7 nitrogen and oxygen atoms in total. The van der Waals surface area contributed by atoms with E-state index in [1.807, 2.05) is 6.07 Å². The first-order chi connectivity index (χ1) is 22.2. The van der Waals surface area contributed by atoms with E-state index in [9.17, 15) is 17.8 Å². The van der Waals surface area contributed by atoms with Crippen molar-refractivity contribution in [2.24, 2.45) is 5.92 Å². The zero-order chi connectivity index (χ0) is 34.2. The number of unbranched alkanes of at least 4 members (excludes halogenated alkanes) is 2. The van der Waals surface area contributed by atoms with E-state index in [0.717, 1.165) is 54.9 Å². The van der Waals surface area contributed by atoms with Gasteiger partial charge >= 0.3 is 5.97 Å². The first-order valence-electron chi connectivity index (χ1n) is 16.6. The maximum atomic E-state index is 12.0. The number of hydrogen-bond donors (Lipinski definition) is 3. The van der Waals surface area contributed by atoms with Crippen molar-refractivity contribution in [3.05, 3.63) is 113 Å². The molecule has 0 radical (unpaired) electrons. The average molecular weight is 659 g/mol. The van der Waals surface area contributed by atoms with Crippen LogP contribution in [0.4, 0.5) is 11.4 Å². The average Bonchev–Trinajstić information content (AvgIpc) is 3.24. The summed E-state index contributed by atoms with van der Waals surface area (Å²) in [5, 5.41) is 12.7. The molecule has 4 rings (SSSR count). The molecule has 3 N–H and O–H groups in total. The fourth-order valence-electron chi connectivity index (χ4n) is 6.44. The van der Waals surface area contributed by atoms with Crippen LogP contribution in [0.15, 0.2) is 102 Å². The molecule has 1 atom stereocenters. The Morgan fingerprint density at radius 2 is 1.68 bits per heavy atom. The van der Waals surface area contributed by atoms with E-state index in [0.29, 0.717) is 13.0 Å². The standard InChI is InChI=1S/C39H50N2O5S/c1-29(38(2,3)32-20-11-12-21-34(32)40-26-15-19-30-17-8-6-9-18-30)16-14-22-36-39(4,5)33-28-31(47(44,45)46)24-25-35(33)41(36)27-13-7-10-23-37(42)43/h6,8-9,11-12,14,16-18,20-22,24-25,28-29,40H,7,10,13,15,19,23,26-27H2,1-5H3,(H,42,43)(H,44,45,46)/b16-14+,36-22+. The Hall–Kier alpha value is -3.88. The highest BCUT2D eigenvalue weighted by molar-refractivity contribution is 7.85. The number of rotatable bonds is 16. The molecule has 3 aromatic rings. The second-order valence-corrected chi connectivity index (χ2v) is 15.1. The Morgan fingerprint density at radius 3 is 2.38 bits per heavy atom. The smallest absolute Gasteiger partial charge is 0.303 e. The molecule has 0 aromatic heterocycles. The predicted molar refractivity (Wildman–Crippen MR) is 192 cm³/mol. The molecule has 1 aliphatic heterocycles. The largest absolute Gasteiger partial charge is 0.481 e. The number of carboxylic acids is 1. The predicted octanol–water partition coefficient (Wildman–Crippen LogP) is 8.77. The molecule has 0 saturated carbocycles. The fraction of sp³-hybridized carbons (Fsp3) is 0.410. The number of aliphatic carboxylic acids is 1. The maximum absolute atomic E-state index is 12.0. The minimum atomic E-state index is -4.35. The summed E-state index contributed by atoms with van der Waals surface area (Å²) >= 11 is 0. The van der Waals surface area contributed by atoms with Crippen LogP contribution in [-0.2, 0) is 32.2 Å². The van der Waals surface area contributed by atoms with Gasteiger partial charge in [-0.2, -0.15) is 8.42 Å². The third kappa shape index (κ3) is 8.93. The molecular formula is C39H50N2O5S. The monoisotopic (exact) mass is 658 g/mol. The summed E-state index contributed by atoms with van der Waals surface area (Å²) in [6.07, 6.45) is 10.8. The highest BCUT2D eigenvalue weighted by Crippen LogP contribution is 2.48. The Morgan fingerprint density at radius 1 is 0.979 bits per heavy atom. The molecule has 8 heteroatoms. The van der Waals surface area contributed by atoms with Gasteiger partial charge in [0.2, 0.25) is 0 Å². The Balaban J connectivity index is 1.53. The summed E-state index contributed by atoms with van der Waals surface area (Å²) in [6.45, 7) is 12.5. The number of anilines is 2. The number of nitrogens with zero attached hydrogens (tertiary/aromatic N) is 1. The van der Waals surface area contributed by atoms with E-state index in [4.69, 9.17) is 5.11 Å². The van der Waals surface area contributed by atoms with E-state index in [1.165, 1.54) is 17.2 Å². The number of allylic oxidation sites excluding steroid dienone is 4. The van der Waals surface area contributed by atoms with Crippen LogP contribution < -0.4 is 10.2 Å². The normalized spacial score (nSPS) is 16.0. The van der Waals surface area contributed by atoms with Gasteiger partial charge in [0.15, 0.2) is 0 Å². The number of nitrogens with one attached hydrogen (secondary N) is 1. The van der Waals surface area contributed by atoms with Crippen molar-refractivity contribution >= 4 is 27.5 Å². The van der Waals surface area contributed by atoms with Gasteiger partial charge in [-0.25, -0.2) is 0 Å². The molecule has 0 spiro atoms. The van der Waals surface area contributed by atoms with E-state index < -0.39 is 21.5 Å². The van der Waals surface area contributed by atoms with Crippen molar-refractivity contribution in [1.82, 2.24) is 0 Å². The van der Waals surface area contributed by atoms with Gasteiger partial charge in [0.25, 0.3) is 10.1 Å². The molecule has 1 aliphatic rings. The summed E-state index contributed by atoms with van der Waals surface area (Å²) in [4.78, 5) is 13.1. The number of fused-ring (bicyclic) bond motifs is 1. The zero-order valence-corrected chi connectivity index (χ0v) is 29.2. The third-order valence-corrected chi connectivity index (χ3v) is 10.5.